The third kappa shape index (κ3) is 8.06. The van der Waals surface area contributed by atoms with Crippen LogP contribution in [0, 0.1) is 11.7 Å². The van der Waals surface area contributed by atoms with Crippen molar-refractivity contribution in [1.82, 2.24) is 25.2 Å². The Bertz CT molecular complexity index is 1660. The number of rotatable bonds is 11. The van der Waals surface area contributed by atoms with Crippen molar-refractivity contribution in [3.05, 3.63) is 81.1 Å². The second-order valence-electron chi connectivity index (χ2n) is 13.2. The van der Waals surface area contributed by atoms with Gasteiger partial charge in [0.2, 0.25) is 0 Å². The molecule has 0 amide bonds. The van der Waals surface area contributed by atoms with E-state index in [1.165, 1.54) is 24.8 Å². The lowest BCUT2D eigenvalue weighted by Gasteiger charge is -2.26. The molecule has 0 aliphatic carbocycles. The summed E-state index contributed by atoms with van der Waals surface area (Å²) in [6.45, 7) is 5.77. The fraction of sp³-hybridized carbons (Fsp3) is 0.500. The fourth-order valence-electron chi connectivity index (χ4n) is 6.83. The van der Waals surface area contributed by atoms with Crippen molar-refractivity contribution in [3.63, 3.8) is 0 Å². The average Bonchev–Trinajstić information content (AvgIpc) is 3.31. The van der Waals surface area contributed by atoms with Crippen molar-refractivity contribution in [3.8, 4) is 16.9 Å². The van der Waals surface area contributed by atoms with E-state index in [0.29, 0.717) is 34.3 Å². The van der Waals surface area contributed by atoms with E-state index >= 15 is 4.39 Å². The molecule has 5 N–H and O–H groups in total. The lowest BCUT2D eigenvalue weighted by molar-refractivity contribution is 0.0661. The molecule has 0 spiro atoms. The normalized spacial score (nSPS) is 20.2. The van der Waals surface area contributed by atoms with Crippen LogP contribution < -0.4 is 22.1 Å². The number of ether oxygens (including phenoxy) is 1. The Morgan fingerprint density at radius 3 is 2.67 bits per heavy atom. The zero-order valence-corrected chi connectivity index (χ0v) is 27.4. The molecule has 6 rings (SSSR count). The van der Waals surface area contributed by atoms with Crippen molar-refractivity contribution in [1.29, 1.82) is 0 Å². The highest BCUT2D eigenvalue weighted by atomic mass is 35.5. The molecule has 0 unspecified atom stereocenters. The number of H-pyrrole nitrogens is 1. The third-order valence-electron chi connectivity index (χ3n) is 9.48. The summed E-state index contributed by atoms with van der Waals surface area (Å²) >= 11 is 6.28. The second kappa shape index (κ2) is 15.2. The third-order valence-corrected chi connectivity index (χ3v) is 9.76. The molecule has 2 saturated heterocycles. The molecule has 46 heavy (non-hydrogen) atoms. The highest BCUT2D eigenvalue weighted by molar-refractivity contribution is 6.31. The predicted octanol–water partition coefficient (Wildman–Crippen LogP) is 6.43. The smallest absolute Gasteiger partial charge is 0.354 e. The van der Waals surface area contributed by atoms with Gasteiger partial charge in [-0.3, -0.25) is 4.57 Å². The second-order valence-corrected chi connectivity index (χ2v) is 13.6. The molecule has 2 aliphatic heterocycles. The van der Waals surface area contributed by atoms with E-state index in [0.717, 1.165) is 76.1 Å². The van der Waals surface area contributed by atoms with Gasteiger partial charge in [-0.2, -0.15) is 4.98 Å². The van der Waals surface area contributed by atoms with Gasteiger partial charge in [-0.15, -0.1) is 0 Å². The van der Waals surface area contributed by atoms with Crippen molar-refractivity contribution >= 4 is 22.6 Å². The number of hydrogen-bond acceptors (Lipinski definition) is 6. The molecule has 2 aromatic heterocycles. The number of nitrogens with zero attached hydrogens (tertiary/aromatic N) is 2. The Labute approximate surface area is 275 Å². The molecule has 0 saturated carbocycles. The van der Waals surface area contributed by atoms with Gasteiger partial charge >= 0.3 is 5.69 Å². The number of fused-ring (bicyclic) bond motifs is 1. The van der Waals surface area contributed by atoms with E-state index in [9.17, 15) is 4.79 Å². The monoisotopic (exact) mass is 648 g/mol. The molecule has 2 aliphatic rings. The van der Waals surface area contributed by atoms with Crippen LogP contribution in [0.1, 0.15) is 75.5 Å². The first-order valence-corrected chi connectivity index (χ1v) is 17.2. The number of hydrogen-bond donors (Lipinski definition) is 4. The lowest BCUT2D eigenvalue weighted by Crippen LogP contribution is -2.41. The lowest BCUT2D eigenvalue weighted by atomic mass is 10.0. The number of aromatic nitrogens is 3. The Kier molecular flexibility index (Phi) is 10.9. The Morgan fingerprint density at radius 1 is 1.11 bits per heavy atom. The van der Waals surface area contributed by atoms with Crippen LogP contribution in [0.3, 0.4) is 0 Å². The fourth-order valence-corrected chi connectivity index (χ4v) is 7.07. The summed E-state index contributed by atoms with van der Waals surface area (Å²) in [6.07, 6.45) is 11.2. The van der Waals surface area contributed by atoms with Gasteiger partial charge in [0.25, 0.3) is 0 Å². The summed E-state index contributed by atoms with van der Waals surface area (Å²) < 4.78 is 22.2. The largest absolute Gasteiger partial charge is 0.381 e. The Morgan fingerprint density at radius 2 is 1.89 bits per heavy atom. The van der Waals surface area contributed by atoms with Crippen molar-refractivity contribution in [2.75, 3.05) is 26.3 Å². The molecule has 246 valence electrons. The van der Waals surface area contributed by atoms with Crippen LogP contribution in [0.5, 0.6) is 0 Å². The van der Waals surface area contributed by atoms with E-state index in [4.69, 9.17) is 22.1 Å². The molecular weight excluding hydrogens is 603 g/mol. The van der Waals surface area contributed by atoms with Gasteiger partial charge in [-0.05, 0) is 106 Å². The quantitative estimate of drug-likeness (QED) is 0.149. The first-order valence-electron chi connectivity index (χ1n) is 16.8. The van der Waals surface area contributed by atoms with Crippen LogP contribution in [0.25, 0.3) is 28.0 Å². The van der Waals surface area contributed by atoms with E-state index in [-0.39, 0.29) is 17.1 Å². The molecule has 4 aromatic rings. The highest BCUT2D eigenvalue weighted by Crippen LogP contribution is 2.32. The van der Waals surface area contributed by atoms with Gasteiger partial charge in [0, 0.05) is 55.0 Å². The molecular formula is C36H46ClFN6O2. The number of benzene rings is 2. The van der Waals surface area contributed by atoms with Gasteiger partial charge in [0.1, 0.15) is 5.65 Å². The van der Waals surface area contributed by atoms with Gasteiger partial charge in [0.15, 0.2) is 5.82 Å². The zero-order chi connectivity index (χ0) is 32.0. The minimum Gasteiger partial charge on any atom is -0.381 e. The van der Waals surface area contributed by atoms with E-state index in [1.54, 1.807) is 16.8 Å². The maximum atomic E-state index is 15.2. The van der Waals surface area contributed by atoms with E-state index < -0.39 is 11.5 Å². The van der Waals surface area contributed by atoms with Crippen LogP contribution >= 0.6 is 11.6 Å². The maximum Gasteiger partial charge on any atom is 0.354 e. The van der Waals surface area contributed by atoms with Gasteiger partial charge < -0.3 is 26.1 Å². The number of aryl methyl sites for hydroxylation is 1. The highest BCUT2D eigenvalue weighted by Gasteiger charge is 2.22. The molecule has 0 radical (unpaired) electrons. The zero-order valence-electron chi connectivity index (χ0n) is 26.7. The van der Waals surface area contributed by atoms with Crippen LogP contribution in [-0.4, -0.2) is 52.9 Å². The van der Waals surface area contributed by atoms with Crippen LogP contribution in [0.2, 0.25) is 5.02 Å². The topological polar surface area (TPSA) is 110 Å². The van der Waals surface area contributed by atoms with Gasteiger partial charge in [0.05, 0.1) is 16.4 Å². The van der Waals surface area contributed by atoms with Crippen LogP contribution in [0.15, 0.2) is 53.5 Å². The molecule has 10 heteroatoms. The van der Waals surface area contributed by atoms with Crippen molar-refractivity contribution in [2.24, 2.45) is 11.7 Å². The standard InChI is InChI=1S/C36H46ClFN6O2/c1-23(39)5-4-6-25-17-30(34(38)31(37)18-25)33-19-27-22-44(36(45)43-35(27)42-33)29-11-9-26(10-12-29)32-8-3-2-7-28(41-32)21-40-20-24-13-15-46-16-14-24/h9-12,17-19,22-24,28,32,40-41H,2-8,13-16,20-21,39H2,1H3,(H,42,43,45)/t23-,28-,32-/m0/s1. The van der Waals surface area contributed by atoms with Crippen LogP contribution in [0.4, 0.5) is 4.39 Å². The summed E-state index contributed by atoms with van der Waals surface area (Å²) in [5.74, 6) is 0.212. The molecule has 2 aromatic carbocycles. The summed E-state index contributed by atoms with van der Waals surface area (Å²) in [5.41, 5.74) is 9.68. The summed E-state index contributed by atoms with van der Waals surface area (Å²) in [6, 6.07) is 14.3. The van der Waals surface area contributed by atoms with Crippen molar-refractivity contribution in [2.45, 2.75) is 82.8 Å². The van der Waals surface area contributed by atoms with E-state index in [2.05, 4.69) is 32.7 Å². The molecule has 0 bridgehead atoms. The molecule has 8 nitrogen and oxygen atoms in total. The number of nitrogens with two attached hydrogens (primary N) is 1. The summed E-state index contributed by atoms with van der Waals surface area (Å²) in [7, 11) is 0. The summed E-state index contributed by atoms with van der Waals surface area (Å²) in [5, 5.41) is 8.38. The van der Waals surface area contributed by atoms with E-state index in [1.807, 2.05) is 31.2 Å². The number of halogens is 2. The Hall–Kier alpha value is -3.08. The first kappa shape index (κ1) is 32.8. The number of nitrogens with one attached hydrogen (secondary N) is 3. The first-order chi connectivity index (χ1) is 22.3. The SMILES string of the molecule is C[C@H](N)CCCc1cc(Cl)c(F)c(-c2cc3cn(-c4ccc([C@@H]5CCCC[C@@H](CNCC6CCOCC6)N5)cc4)c(=O)nc3[nH]2)c1. The average molecular weight is 649 g/mol. The number of aromatic amines is 1. The maximum absolute atomic E-state index is 15.2. The molecule has 3 atom stereocenters. The summed E-state index contributed by atoms with van der Waals surface area (Å²) in [4.78, 5) is 20.5. The van der Waals surface area contributed by atoms with Gasteiger partial charge in [-0.25, -0.2) is 9.18 Å². The predicted molar refractivity (Wildman–Crippen MR) is 183 cm³/mol. The Balaban J connectivity index is 1.16. The van der Waals surface area contributed by atoms with Gasteiger partial charge in [-0.1, -0.05) is 36.6 Å². The van der Waals surface area contributed by atoms with Crippen molar-refractivity contribution < 1.29 is 9.13 Å². The molecule has 2 fully saturated rings. The minimum atomic E-state index is -0.501. The molecule has 4 heterocycles. The van der Waals surface area contributed by atoms with Crippen LogP contribution in [-0.2, 0) is 11.2 Å². The minimum absolute atomic E-state index is 0.0697.